The first-order valence-corrected chi connectivity index (χ1v) is 6.95. The van der Waals surface area contributed by atoms with Crippen LogP contribution >= 0.6 is 0 Å². The molecule has 100 valence electrons. The van der Waals surface area contributed by atoms with Crippen molar-refractivity contribution in [3.8, 4) is 0 Å². The number of esters is 1. The van der Waals surface area contributed by atoms with Crippen molar-refractivity contribution in [1.29, 1.82) is 0 Å². The minimum absolute atomic E-state index is 0.0154. The maximum Gasteiger partial charge on any atom is 0.309 e. The molecule has 2 aromatic rings. The summed E-state index contributed by atoms with van der Waals surface area (Å²) in [7, 11) is 0. The van der Waals surface area contributed by atoms with E-state index in [1.807, 2.05) is 6.92 Å². The van der Waals surface area contributed by atoms with Gasteiger partial charge >= 0.3 is 5.97 Å². The number of carbonyl (C=O) groups is 1. The van der Waals surface area contributed by atoms with Crippen molar-refractivity contribution < 1.29 is 9.53 Å². The van der Waals surface area contributed by atoms with Crippen LogP contribution in [0.3, 0.4) is 0 Å². The minimum atomic E-state index is -0.0528. The third-order valence-corrected chi connectivity index (χ3v) is 3.96. The molecule has 0 fully saturated rings. The molecular formula is C16H19NO2. The van der Waals surface area contributed by atoms with Crippen LogP contribution in [-0.2, 0) is 22.4 Å². The number of carbonyl (C=O) groups excluding carboxylic acids is 1. The molecule has 0 aliphatic heterocycles. The highest BCUT2D eigenvalue weighted by Gasteiger charge is 2.28. The van der Waals surface area contributed by atoms with Gasteiger partial charge in [0.05, 0.1) is 12.5 Å². The Balaban J connectivity index is 1.93. The summed E-state index contributed by atoms with van der Waals surface area (Å²) in [6.45, 7) is 4.44. The Morgan fingerprint density at radius 2 is 2.32 bits per heavy atom. The van der Waals surface area contributed by atoms with Crippen LogP contribution in [0.25, 0.3) is 10.9 Å². The summed E-state index contributed by atoms with van der Waals surface area (Å²) in [4.78, 5) is 15.3. The Bertz CT molecular complexity index is 627. The maximum absolute atomic E-state index is 11.8. The normalized spacial score (nSPS) is 18.3. The van der Waals surface area contributed by atoms with E-state index in [2.05, 4.69) is 30.1 Å². The Labute approximate surface area is 113 Å². The van der Waals surface area contributed by atoms with Crippen molar-refractivity contribution in [2.45, 2.75) is 33.1 Å². The van der Waals surface area contributed by atoms with Crippen LogP contribution in [0.15, 0.2) is 18.2 Å². The standard InChI is InChI=1S/C16H19NO2/c1-3-19-16(18)11-5-6-12-13-8-10(2)4-7-14(13)17-15(12)9-11/h4,7-8,11,17H,3,5-6,9H2,1-2H3. The molecule has 3 rings (SSSR count). The quantitative estimate of drug-likeness (QED) is 0.840. The number of rotatable bonds is 2. The summed E-state index contributed by atoms with van der Waals surface area (Å²) in [6.07, 6.45) is 2.64. The van der Waals surface area contributed by atoms with Gasteiger partial charge in [-0.05, 0) is 44.4 Å². The number of aromatic nitrogens is 1. The highest BCUT2D eigenvalue weighted by molar-refractivity contribution is 5.86. The van der Waals surface area contributed by atoms with Gasteiger partial charge in [-0.15, -0.1) is 0 Å². The van der Waals surface area contributed by atoms with E-state index in [4.69, 9.17) is 4.74 Å². The van der Waals surface area contributed by atoms with Gasteiger partial charge in [-0.2, -0.15) is 0 Å². The van der Waals surface area contributed by atoms with Crippen molar-refractivity contribution in [3.63, 3.8) is 0 Å². The van der Waals surface area contributed by atoms with Crippen LogP contribution in [0.4, 0.5) is 0 Å². The number of aromatic amines is 1. The topological polar surface area (TPSA) is 42.1 Å². The monoisotopic (exact) mass is 257 g/mol. The van der Waals surface area contributed by atoms with Crippen molar-refractivity contribution in [2.75, 3.05) is 6.61 Å². The number of benzene rings is 1. The Kier molecular flexibility index (Phi) is 3.05. The molecule has 1 aliphatic carbocycles. The molecule has 3 nitrogen and oxygen atoms in total. The summed E-state index contributed by atoms with van der Waals surface area (Å²) < 4.78 is 5.14. The highest BCUT2D eigenvalue weighted by Crippen LogP contribution is 2.32. The molecule has 1 N–H and O–H groups in total. The molecule has 1 aromatic carbocycles. The van der Waals surface area contributed by atoms with Gasteiger partial charge in [0.25, 0.3) is 0 Å². The zero-order valence-corrected chi connectivity index (χ0v) is 11.5. The Morgan fingerprint density at radius 1 is 1.47 bits per heavy atom. The van der Waals surface area contributed by atoms with Crippen LogP contribution < -0.4 is 0 Å². The van der Waals surface area contributed by atoms with Crippen molar-refractivity contribution in [3.05, 3.63) is 35.0 Å². The minimum Gasteiger partial charge on any atom is -0.466 e. The zero-order chi connectivity index (χ0) is 13.4. The lowest BCUT2D eigenvalue weighted by molar-refractivity contribution is -0.148. The van der Waals surface area contributed by atoms with Gasteiger partial charge in [0.2, 0.25) is 0 Å². The molecule has 1 atom stereocenters. The van der Waals surface area contributed by atoms with E-state index >= 15 is 0 Å². The van der Waals surface area contributed by atoms with Gasteiger partial charge in [-0.1, -0.05) is 11.6 Å². The number of ether oxygens (including phenoxy) is 1. The fraction of sp³-hybridized carbons (Fsp3) is 0.438. The van der Waals surface area contributed by atoms with Gasteiger partial charge < -0.3 is 9.72 Å². The van der Waals surface area contributed by atoms with Gasteiger partial charge in [-0.25, -0.2) is 0 Å². The molecule has 0 amide bonds. The number of hydrogen-bond acceptors (Lipinski definition) is 2. The van der Waals surface area contributed by atoms with E-state index < -0.39 is 0 Å². The van der Waals surface area contributed by atoms with E-state index in [9.17, 15) is 4.79 Å². The molecule has 1 heterocycles. The number of hydrogen-bond donors (Lipinski definition) is 1. The molecule has 0 saturated heterocycles. The molecule has 0 saturated carbocycles. The summed E-state index contributed by atoms with van der Waals surface area (Å²) in [5.41, 5.74) is 5.06. The second kappa shape index (κ2) is 4.72. The molecule has 0 radical (unpaired) electrons. The number of aryl methyl sites for hydroxylation is 2. The summed E-state index contributed by atoms with van der Waals surface area (Å²) in [5.74, 6) is -0.0374. The summed E-state index contributed by atoms with van der Waals surface area (Å²) in [5, 5.41) is 1.32. The highest BCUT2D eigenvalue weighted by atomic mass is 16.5. The Morgan fingerprint density at radius 3 is 3.11 bits per heavy atom. The lowest BCUT2D eigenvalue weighted by atomic mass is 9.87. The molecule has 1 unspecified atom stereocenters. The average molecular weight is 257 g/mol. The zero-order valence-electron chi connectivity index (χ0n) is 11.5. The molecule has 0 spiro atoms. The number of nitrogens with one attached hydrogen (secondary N) is 1. The van der Waals surface area contributed by atoms with E-state index in [1.54, 1.807) is 0 Å². The fourth-order valence-corrected chi connectivity index (χ4v) is 3.01. The third-order valence-electron chi connectivity index (χ3n) is 3.96. The lowest BCUT2D eigenvalue weighted by Gasteiger charge is -2.20. The number of fused-ring (bicyclic) bond motifs is 3. The average Bonchev–Trinajstić information content (AvgIpc) is 2.76. The van der Waals surface area contributed by atoms with Gasteiger partial charge in [-0.3, -0.25) is 4.79 Å². The Hall–Kier alpha value is -1.77. The fourth-order valence-electron chi connectivity index (χ4n) is 3.01. The van der Waals surface area contributed by atoms with Crippen LogP contribution in [0.2, 0.25) is 0 Å². The van der Waals surface area contributed by atoms with Crippen molar-refractivity contribution in [1.82, 2.24) is 4.98 Å². The summed E-state index contributed by atoms with van der Waals surface area (Å²) >= 11 is 0. The van der Waals surface area contributed by atoms with Crippen LogP contribution in [-0.4, -0.2) is 17.6 Å². The molecule has 1 aromatic heterocycles. The summed E-state index contributed by atoms with van der Waals surface area (Å²) in [6, 6.07) is 6.48. The largest absolute Gasteiger partial charge is 0.466 e. The van der Waals surface area contributed by atoms with Crippen LogP contribution in [0, 0.1) is 12.8 Å². The van der Waals surface area contributed by atoms with E-state index in [0.717, 1.165) is 19.3 Å². The predicted molar refractivity (Wildman–Crippen MR) is 75.2 cm³/mol. The van der Waals surface area contributed by atoms with Gasteiger partial charge in [0.1, 0.15) is 0 Å². The second-order valence-corrected chi connectivity index (χ2v) is 5.32. The third kappa shape index (κ3) is 2.14. The second-order valence-electron chi connectivity index (χ2n) is 5.32. The van der Waals surface area contributed by atoms with E-state index in [0.29, 0.717) is 6.61 Å². The van der Waals surface area contributed by atoms with Crippen molar-refractivity contribution in [2.24, 2.45) is 5.92 Å². The first-order valence-electron chi connectivity index (χ1n) is 6.95. The predicted octanol–water partition coefficient (Wildman–Crippen LogP) is 3.14. The van der Waals surface area contributed by atoms with E-state index in [-0.39, 0.29) is 11.9 Å². The van der Waals surface area contributed by atoms with Gasteiger partial charge in [0.15, 0.2) is 0 Å². The lowest BCUT2D eigenvalue weighted by Crippen LogP contribution is -2.24. The first kappa shape index (κ1) is 12.3. The molecule has 1 aliphatic rings. The molecule has 0 bridgehead atoms. The SMILES string of the molecule is CCOC(=O)C1CCc2c([nH]c3ccc(C)cc23)C1. The van der Waals surface area contributed by atoms with Crippen LogP contribution in [0.5, 0.6) is 0 Å². The first-order chi connectivity index (χ1) is 9.19. The smallest absolute Gasteiger partial charge is 0.309 e. The van der Waals surface area contributed by atoms with Crippen LogP contribution in [0.1, 0.15) is 30.2 Å². The molecular weight excluding hydrogens is 238 g/mol. The number of H-pyrrole nitrogens is 1. The van der Waals surface area contributed by atoms with E-state index in [1.165, 1.54) is 27.7 Å². The van der Waals surface area contributed by atoms with Gasteiger partial charge in [0, 0.05) is 23.0 Å². The molecule has 19 heavy (non-hydrogen) atoms. The van der Waals surface area contributed by atoms with Crippen molar-refractivity contribution >= 4 is 16.9 Å². The molecule has 3 heteroatoms. The maximum atomic E-state index is 11.8.